The molecule has 0 aliphatic rings. The number of carbonyl (C=O) groups excluding carboxylic acids is 1. The molecule has 0 aliphatic heterocycles. The number of hydrogen-bond donors (Lipinski definition) is 1. The maximum atomic E-state index is 11.6. The van der Waals surface area contributed by atoms with Crippen LogP contribution in [0.4, 0.5) is 0 Å². The van der Waals surface area contributed by atoms with Crippen LogP contribution in [0.25, 0.3) is 22.7 Å². The van der Waals surface area contributed by atoms with Crippen molar-refractivity contribution in [1.82, 2.24) is 15.0 Å². The first-order valence-electron chi connectivity index (χ1n) is 5.38. The van der Waals surface area contributed by atoms with E-state index in [4.69, 9.17) is 9.15 Å². The lowest BCUT2D eigenvalue weighted by molar-refractivity contribution is 0.0602. The molecular weight excluding hydrogens is 314 g/mol. The Morgan fingerprint density at radius 1 is 1.42 bits per heavy atom. The summed E-state index contributed by atoms with van der Waals surface area (Å²) in [5.41, 5.74) is 1.32. The number of aromatic nitrogens is 3. The molecule has 3 aromatic heterocycles. The van der Waals surface area contributed by atoms with Gasteiger partial charge in [0.15, 0.2) is 21.9 Å². The molecule has 0 saturated carbocycles. The Hall–Kier alpha value is -2.15. The van der Waals surface area contributed by atoms with Crippen LogP contribution in [0.3, 0.4) is 0 Å². The molecule has 0 aliphatic carbocycles. The molecule has 0 fully saturated rings. The predicted molar refractivity (Wildman–Crippen MR) is 70.6 cm³/mol. The second kappa shape index (κ2) is 4.51. The topological polar surface area (TPSA) is 81.0 Å². The van der Waals surface area contributed by atoms with Crippen LogP contribution in [0.1, 0.15) is 10.4 Å². The van der Waals surface area contributed by atoms with Gasteiger partial charge in [0, 0.05) is 6.20 Å². The summed E-state index contributed by atoms with van der Waals surface area (Å²) in [6, 6.07) is 5.09. The average molecular weight is 322 g/mol. The number of furan rings is 1. The molecule has 0 bridgehead atoms. The Balaban J connectivity index is 2.18. The minimum Gasteiger partial charge on any atom is -0.465 e. The monoisotopic (exact) mass is 321 g/mol. The molecule has 7 heteroatoms. The number of fused-ring (bicyclic) bond motifs is 1. The van der Waals surface area contributed by atoms with E-state index in [0.717, 1.165) is 0 Å². The van der Waals surface area contributed by atoms with Gasteiger partial charge in [-0.15, -0.1) is 0 Å². The van der Waals surface area contributed by atoms with Crippen molar-refractivity contribution in [2.24, 2.45) is 0 Å². The van der Waals surface area contributed by atoms with Crippen LogP contribution in [-0.2, 0) is 4.74 Å². The minimum absolute atomic E-state index is 0.362. The summed E-state index contributed by atoms with van der Waals surface area (Å²) in [5.74, 6) is 0.608. The van der Waals surface area contributed by atoms with Crippen molar-refractivity contribution >= 4 is 33.1 Å². The first-order chi connectivity index (χ1) is 9.19. The SMILES string of the molecule is COC(=O)c1ccnc2[nH]c(-c3ccc(Br)o3)nc12. The summed E-state index contributed by atoms with van der Waals surface area (Å²) in [6.07, 6.45) is 1.52. The van der Waals surface area contributed by atoms with Crippen LogP contribution in [0.5, 0.6) is 0 Å². The van der Waals surface area contributed by atoms with Gasteiger partial charge in [-0.05, 0) is 34.1 Å². The Bertz CT molecular complexity index is 763. The summed E-state index contributed by atoms with van der Waals surface area (Å²) in [5, 5.41) is 0. The van der Waals surface area contributed by atoms with Crippen molar-refractivity contribution < 1.29 is 13.9 Å². The molecule has 0 saturated heterocycles. The molecule has 0 amide bonds. The van der Waals surface area contributed by atoms with Crippen molar-refractivity contribution in [2.45, 2.75) is 0 Å². The fourth-order valence-electron chi connectivity index (χ4n) is 1.74. The molecule has 96 valence electrons. The van der Waals surface area contributed by atoms with Gasteiger partial charge in [-0.2, -0.15) is 0 Å². The van der Waals surface area contributed by atoms with Crippen LogP contribution in [-0.4, -0.2) is 28.0 Å². The Morgan fingerprint density at radius 2 is 2.26 bits per heavy atom. The second-order valence-corrected chi connectivity index (χ2v) is 4.52. The number of carbonyl (C=O) groups is 1. The van der Waals surface area contributed by atoms with Crippen molar-refractivity contribution in [3.8, 4) is 11.6 Å². The van der Waals surface area contributed by atoms with Crippen LogP contribution in [0.2, 0.25) is 0 Å². The Labute approximate surface area is 115 Å². The lowest BCUT2D eigenvalue weighted by Gasteiger charge is -1.97. The van der Waals surface area contributed by atoms with E-state index in [1.54, 1.807) is 18.2 Å². The van der Waals surface area contributed by atoms with Gasteiger partial charge in [-0.1, -0.05) is 0 Å². The van der Waals surface area contributed by atoms with Crippen LogP contribution in [0, 0.1) is 0 Å². The largest absolute Gasteiger partial charge is 0.465 e. The fourth-order valence-corrected chi connectivity index (χ4v) is 2.05. The second-order valence-electron chi connectivity index (χ2n) is 3.74. The third-order valence-electron chi connectivity index (χ3n) is 2.60. The molecule has 0 unspecified atom stereocenters. The maximum Gasteiger partial charge on any atom is 0.340 e. The van der Waals surface area contributed by atoms with Gasteiger partial charge in [0.2, 0.25) is 0 Å². The van der Waals surface area contributed by atoms with Gasteiger partial charge in [-0.3, -0.25) is 0 Å². The van der Waals surface area contributed by atoms with Crippen molar-refractivity contribution in [2.75, 3.05) is 7.11 Å². The third kappa shape index (κ3) is 2.01. The zero-order chi connectivity index (χ0) is 13.4. The fraction of sp³-hybridized carbons (Fsp3) is 0.0833. The zero-order valence-corrected chi connectivity index (χ0v) is 11.4. The van der Waals surface area contributed by atoms with E-state index >= 15 is 0 Å². The highest BCUT2D eigenvalue weighted by Crippen LogP contribution is 2.25. The van der Waals surface area contributed by atoms with E-state index in [1.807, 2.05) is 0 Å². The predicted octanol–water partition coefficient (Wildman–Crippen LogP) is 2.77. The molecule has 0 aromatic carbocycles. The minimum atomic E-state index is -0.453. The maximum absolute atomic E-state index is 11.6. The number of imidazole rings is 1. The summed E-state index contributed by atoms with van der Waals surface area (Å²) in [6.45, 7) is 0. The number of aromatic amines is 1. The van der Waals surface area contributed by atoms with Gasteiger partial charge >= 0.3 is 5.97 Å². The van der Waals surface area contributed by atoms with Gasteiger partial charge in [0.25, 0.3) is 0 Å². The molecule has 3 aromatic rings. The number of esters is 1. The number of nitrogens with zero attached hydrogens (tertiary/aromatic N) is 2. The zero-order valence-electron chi connectivity index (χ0n) is 9.81. The summed E-state index contributed by atoms with van der Waals surface area (Å²) in [4.78, 5) is 23.1. The standard InChI is InChI=1S/C12H8BrN3O3/c1-18-12(17)6-4-5-14-11-9(6)15-10(16-11)7-2-3-8(13)19-7/h2-5H,1H3,(H,14,15,16). The van der Waals surface area contributed by atoms with Gasteiger partial charge < -0.3 is 14.1 Å². The van der Waals surface area contributed by atoms with Crippen molar-refractivity contribution in [1.29, 1.82) is 0 Å². The number of H-pyrrole nitrogens is 1. The van der Waals surface area contributed by atoms with Crippen molar-refractivity contribution in [3.05, 3.63) is 34.6 Å². The number of rotatable bonds is 2. The first-order valence-corrected chi connectivity index (χ1v) is 6.17. The molecule has 0 spiro atoms. The normalized spacial score (nSPS) is 10.8. The number of ether oxygens (including phenoxy) is 1. The van der Waals surface area contributed by atoms with E-state index in [9.17, 15) is 4.79 Å². The molecule has 3 rings (SSSR count). The Morgan fingerprint density at radius 3 is 2.95 bits per heavy atom. The summed E-state index contributed by atoms with van der Waals surface area (Å²) >= 11 is 3.22. The number of hydrogen-bond acceptors (Lipinski definition) is 5. The summed E-state index contributed by atoms with van der Waals surface area (Å²) in [7, 11) is 1.33. The number of nitrogens with one attached hydrogen (secondary N) is 1. The summed E-state index contributed by atoms with van der Waals surface area (Å²) < 4.78 is 10.7. The van der Waals surface area contributed by atoms with E-state index in [-0.39, 0.29) is 0 Å². The van der Waals surface area contributed by atoms with E-state index in [2.05, 4.69) is 30.9 Å². The average Bonchev–Trinajstić information content (AvgIpc) is 3.02. The third-order valence-corrected chi connectivity index (χ3v) is 3.02. The van der Waals surface area contributed by atoms with Crippen LogP contribution >= 0.6 is 15.9 Å². The van der Waals surface area contributed by atoms with E-state index in [0.29, 0.717) is 33.0 Å². The van der Waals surface area contributed by atoms with Gasteiger partial charge in [-0.25, -0.2) is 14.8 Å². The highest BCUT2D eigenvalue weighted by Gasteiger charge is 2.16. The lowest BCUT2D eigenvalue weighted by Crippen LogP contribution is -2.02. The lowest BCUT2D eigenvalue weighted by atomic mass is 10.2. The van der Waals surface area contributed by atoms with Crippen LogP contribution < -0.4 is 0 Å². The van der Waals surface area contributed by atoms with Gasteiger partial charge in [0.1, 0.15) is 5.52 Å². The number of pyridine rings is 1. The van der Waals surface area contributed by atoms with E-state index < -0.39 is 5.97 Å². The number of halogens is 1. The quantitative estimate of drug-likeness (QED) is 0.734. The molecule has 19 heavy (non-hydrogen) atoms. The molecule has 0 atom stereocenters. The highest BCUT2D eigenvalue weighted by molar-refractivity contribution is 9.10. The highest BCUT2D eigenvalue weighted by atomic mass is 79.9. The number of methoxy groups -OCH3 is 1. The smallest absolute Gasteiger partial charge is 0.340 e. The molecule has 0 radical (unpaired) electrons. The van der Waals surface area contributed by atoms with Crippen LogP contribution in [0.15, 0.2) is 33.5 Å². The first kappa shape index (κ1) is 11.9. The molecule has 6 nitrogen and oxygen atoms in total. The van der Waals surface area contributed by atoms with Gasteiger partial charge in [0.05, 0.1) is 12.7 Å². The Kier molecular flexibility index (Phi) is 2.83. The van der Waals surface area contributed by atoms with E-state index in [1.165, 1.54) is 13.3 Å². The van der Waals surface area contributed by atoms with Crippen molar-refractivity contribution in [3.63, 3.8) is 0 Å². The molecule has 3 heterocycles. The molecule has 1 N–H and O–H groups in total. The molecular formula is C12H8BrN3O3.